The SMILES string of the molecule is C[C@@H](c1ccccc1)N(C)C(=O)c1ccc(NC(=O)c2ccco2)s1. The van der Waals surface area contributed by atoms with Crippen molar-refractivity contribution < 1.29 is 14.0 Å². The first-order chi connectivity index (χ1) is 12.1. The second-order valence-corrected chi connectivity index (χ2v) is 6.68. The molecule has 0 radical (unpaired) electrons. The van der Waals surface area contributed by atoms with Gasteiger partial charge in [-0.25, -0.2) is 0 Å². The minimum absolute atomic E-state index is 0.0445. The highest BCUT2D eigenvalue weighted by Crippen LogP contribution is 2.27. The maximum atomic E-state index is 12.7. The molecule has 0 aliphatic heterocycles. The molecule has 0 bridgehead atoms. The predicted octanol–water partition coefficient (Wildman–Crippen LogP) is 4.43. The highest BCUT2D eigenvalue weighted by atomic mass is 32.1. The van der Waals surface area contributed by atoms with E-state index >= 15 is 0 Å². The van der Waals surface area contributed by atoms with Crippen molar-refractivity contribution in [1.82, 2.24) is 4.90 Å². The van der Waals surface area contributed by atoms with Crippen molar-refractivity contribution in [3.8, 4) is 0 Å². The molecule has 128 valence electrons. The zero-order valence-corrected chi connectivity index (χ0v) is 14.7. The van der Waals surface area contributed by atoms with Gasteiger partial charge in [-0.1, -0.05) is 30.3 Å². The van der Waals surface area contributed by atoms with E-state index in [1.54, 1.807) is 36.2 Å². The third kappa shape index (κ3) is 3.80. The van der Waals surface area contributed by atoms with E-state index in [9.17, 15) is 9.59 Å². The topological polar surface area (TPSA) is 62.6 Å². The molecule has 0 aliphatic carbocycles. The molecule has 2 amide bonds. The van der Waals surface area contributed by atoms with Crippen LogP contribution < -0.4 is 5.32 Å². The number of hydrogen-bond donors (Lipinski definition) is 1. The summed E-state index contributed by atoms with van der Waals surface area (Å²) < 4.78 is 5.06. The van der Waals surface area contributed by atoms with Crippen molar-refractivity contribution >= 4 is 28.2 Å². The average Bonchev–Trinajstić information content (AvgIpc) is 3.32. The lowest BCUT2D eigenvalue weighted by Gasteiger charge is -2.24. The van der Waals surface area contributed by atoms with Crippen LogP contribution >= 0.6 is 11.3 Å². The van der Waals surface area contributed by atoms with Crippen LogP contribution in [-0.2, 0) is 0 Å². The first kappa shape index (κ1) is 17.0. The number of anilines is 1. The number of nitrogens with one attached hydrogen (secondary N) is 1. The van der Waals surface area contributed by atoms with E-state index in [0.717, 1.165) is 5.56 Å². The van der Waals surface area contributed by atoms with Gasteiger partial charge in [0.25, 0.3) is 11.8 Å². The highest BCUT2D eigenvalue weighted by Gasteiger charge is 2.21. The molecule has 1 aromatic carbocycles. The summed E-state index contributed by atoms with van der Waals surface area (Å²) in [6, 6.07) is 16.5. The Morgan fingerprint density at radius 1 is 1.08 bits per heavy atom. The fourth-order valence-corrected chi connectivity index (χ4v) is 3.29. The van der Waals surface area contributed by atoms with Crippen LogP contribution in [0.2, 0.25) is 0 Å². The Balaban J connectivity index is 1.69. The zero-order valence-electron chi connectivity index (χ0n) is 13.9. The maximum absolute atomic E-state index is 12.7. The molecule has 3 aromatic rings. The number of carbonyl (C=O) groups is 2. The highest BCUT2D eigenvalue weighted by molar-refractivity contribution is 7.18. The van der Waals surface area contributed by atoms with Crippen LogP contribution in [0.3, 0.4) is 0 Å². The molecule has 1 atom stereocenters. The number of hydrogen-bond acceptors (Lipinski definition) is 4. The number of thiophene rings is 1. The fraction of sp³-hybridized carbons (Fsp3) is 0.158. The van der Waals surface area contributed by atoms with Crippen molar-refractivity contribution in [1.29, 1.82) is 0 Å². The van der Waals surface area contributed by atoms with E-state index in [1.165, 1.54) is 17.6 Å². The Hall–Kier alpha value is -2.86. The average molecular weight is 354 g/mol. The molecule has 0 saturated heterocycles. The van der Waals surface area contributed by atoms with E-state index in [-0.39, 0.29) is 23.6 Å². The predicted molar refractivity (Wildman–Crippen MR) is 97.9 cm³/mol. The van der Waals surface area contributed by atoms with Crippen LogP contribution in [0, 0.1) is 0 Å². The van der Waals surface area contributed by atoms with Gasteiger partial charge in [-0.15, -0.1) is 11.3 Å². The Bertz CT molecular complexity index is 856. The molecule has 6 heteroatoms. The van der Waals surface area contributed by atoms with Gasteiger partial charge < -0.3 is 14.6 Å². The van der Waals surface area contributed by atoms with Gasteiger partial charge in [0, 0.05) is 7.05 Å². The summed E-state index contributed by atoms with van der Waals surface area (Å²) in [6.07, 6.45) is 1.44. The van der Waals surface area contributed by atoms with Gasteiger partial charge >= 0.3 is 0 Å². The molecule has 3 rings (SSSR count). The lowest BCUT2D eigenvalue weighted by atomic mass is 10.1. The van der Waals surface area contributed by atoms with Gasteiger partial charge in [0.05, 0.1) is 22.2 Å². The van der Waals surface area contributed by atoms with E-state index < -0.39 is 0 Å². The molecule has 2 heterocycles. The fourth-order valence-electron chi connectivity index (χ4n) is 2.41. The number of benzene rings is 1. The van der Waals surface area contributed by atoms with Crippen LogP contribution in [0.4, 0.5) is 5.00 Å². The molecule has 0 unspecified atom stereocenters. The van der Waals surface area contributed by atoms with Gasteiger partial charge in [0.2, 0.25) is 0 Å². The normalized spacial score (nSPS) is 11.8. The lowest BCUT2D eigenvalue weighted by Crippen LogP contribution is -2.29. The Kier molecular flexibility index (Phi) is 5.00. The maximum Gasteiger partial charge on any atom is 0.291 e. The van der Waals surface area contributed by atoms with Crippen LogP contribution in [0.15, 0.2) is 65.3 Å². The van der Waals surface area contributed by atoms with Crippen LogP contribution in [0.25, 0.3) is 0 Å². The molecular weight excluding hydrogens is 336 g/mol. The van der Waals surface area contributed by atoms with Gasteiger partial charge in [-0.05, 0) is 36.8 Å². The summed E-state index contributed by atoms with van der Waals surface area (Å²) in [4.78, 5) is 26.9. The summed E-state index contributed by atoms with van der Waals surface area (Å²) in [5, 5.41) is 3.34. The molecule has 0 aliphatic rings. The standard InChI is InChI=1S/C19H18N2O3S/c1-13(14-7-4-3-5-8-14)21(2)19(23)16-10-11-17(25-16)20-18(22)15-9-6-12-24-15/h3-13H,1-2H3,(H,20,22)/t13-/m0/s1. The van der Waals surface area contributed by atoms with Gasteiger partial charge in [-0.3, -0.25) is 9.59 Å². The van der Waals surface area contributed by atoms with Gasteiger partial charge in [0.15, 0.2) is 5.76 Å². The zero-order chi connectivity index (χ0) is 17.8. The second-order valence-electron chi connectivity index (χ2n) is 5.60. The van der Waals surface area contributed by atoms with Crippen LogP contribution in [0.5, 0.6) is 0 Å². The summed E-state index contributed by atoms with van der Waals surface area (Å²) in [5.74, 6) is -0.187. The first-order valence-corrected chi connectivity index (χ1v) is 8.64. The summed E-state index contributed by atoms with van der Waals surface area (Å²) >= 11 is 1.24. The third-order valence-electron chi connectivity index (χ3n) is 3.98. The summed E-state index contributed by atoms with van der Waals surface area (Å²) in [7, 11) is 1.78. The summed E-state index contributed by atoms with van der Waals surface area (Å²) in [6.45, 7) is 1.99. The van der Waals surface area contributed by atoms with Crippen molar-refractivity contribution in [3.63, 3.8) is 0 Å². The minimum Gasteiger partial charge on any atom is -0.459 e. The molecule has 25 heavy (non-hydrogen) atoms. The largest absolute Gasteiger partial charge is 0.459 e. The molecule has 5 nitrogen and oxygen atoms in total. The Labute approximate surface area is 149 Å². The molecule has 1 N–H and O–H groups in total. The third-order valence-corrected chi connectivity index (χ3v) is 4.97. The number of amides is 2. The first-order valence-electron chi connectivity index (χ1n) is 7.83. The van der Waals surface area contributed by atoms with E-state index in [0.29, 0.717) is 9.88 Å². The van der Waals surface area contributed by atoms with Gasteiger partial charge in [0.1, 0.15) is 0 Å². The van der Waals surface area contributed by atoms with Crippen molar-refractivity contribution in [2.24, 2.45) is 0 Å². The molecule has 0 spiro atoms. The van der Waals surface area contributed by atoms with E-state index in [1.807, 2.05) is 37.3 Å². The van der Waals surface area contributed by atoms with E-state index in [2.05, 4.69) is 5.32 Å². The van der Waals surface area contributed by atoms with E-state index in [4.69, 9.17) is 4.42 Å². The smallest absolute Gasteiger partial charge is 0.291 e. The molecule has 2 aromatic heterocycles. The number of carbonyl (C=O) groups excluding carboxylic acids is 2. The molecule has 0 fully saturated rings. The lowest BCUT2D eigenvalue weighted by molar-refractivity contribution is 0.0747. The Morgan fingerprint density at radius 2 is 1.84 bits per heavy atom. The molecule has 0 saturated carbocycles. The second kappa shape index (κ2) is 7.36. The summed E-state index contributed by atoms with van der Waals surface area (Å²) in [5.41, 5.74) is 1.07. The molecular formula is C19H18N2O3S. The number of nitrogens with zero attached hydrogens (tertiary/aromatic N) is 1. The number of furan rings is 1. The Morgan fingerprint density at radius 3 is 2.52 bits per heavy atom. The monoisotopic (exact) mass is 354 g/mol. The number of rotatable bonds is 5. The van der Waals surface area contributed by atoms with Crippen LogP contribution in [0.1, 0.15) is 38.8 Å². The quantitative estimate of drug-likeness (QED) is 0.737. The van der Waals surface area contributed by atoms with Crippen molar-refractivity contribution in [2.45, 2.75) is 13.0 Å². The van der Waals surface area contributed by atoms with Gasteiger partial charge in [-0.2, -0.15) is 0 Å². The minimum atomic E-state index is -0.336. The van der Waals surface area contributed by atoms with Crippen molar-refractivity contribution in [3.05, 3.63) is 77.1 Å². The van der Waals surface area contributed by atoms with Crippen LogP contribution in [-0.4, -0.2) is 23.8 Å². The van der Waals surface area contributed by atoms with Crippen molar-refractivity contribution in [2.75, 3.05) is 12.4 Å².